The number of fused-ring (bicyclic) bond motifs is 3. The monoisotopic (exact) mass is 240 g/mol. The minimum Gasteiger partial charge on any atom is -0.135 e. The van der Waals surface area contributed by atoms with Crippen LogP contribution < -0.4 is 0 Å². The summed E-state index contributed by atoms with van der Waals surface area (Å²) < 4.78 is 1.46. The molecule has 0 bridgehead atoms. The van der Waals surface area contributed by atoms with E-state index < -0.39 is 0 Å². The number of thiophene rings is 1. The first-order chi connectivity index (χ1) is 8.20. The van der Waals surface area contributed by atoms with Crippen molar-refractivity contribution in [3.05, 3.63) is 46.4 Å². The summed E-state index contributed by atoms with van der Waals surface area (Å²) in [5.74, 6) is 0.655. The molecule has 17 heavy (non-hydrogen) atoms. The van der Waals surface area contributed by atoms with Crippen LogP contribution >= 0.6 is 11.3 Å². The second-order valence-corrected chi connectivity index (χ2v) is 5.90. The molecule has 1 aliphatic carbocycles. The van der Waals surface area contributed by atoms with Gasteiger partial charge in [0.25, 0.3) is 0 Å². The lowest BCUT2D eigenvalue weighted by Gasteiger charge is -2.16. The maximum atomic E-state index is 3.91. The van der Waals surface area contributed by atoms with Gasteiger partial charge in [-0.05, 0) is 41.3 Å². The number of allylic oxidation sites excluding steroid dienone is 1. The van der Waals surface area contributed by atoms with Gasteiger partial charge in [-0.1, -0.05) is 43.9 Å². The Morgan fingerprint density at radius 1 is 1.41 bits per heavy atom. The van der Waals surface area contributed by atoms with Gasteiger partial charge in [0.15, 0.2) is 0 Å². The molecule has 0 fully saturated rings. The van der Waals surface area contributed by atoms with Crippen LogP contribution in [0.25, 0.3) is 22.2 Å². The summed E-state index contributed by atoms with van der Waals surface area (Å²) in [7, 11) is 0. The van der Waals surface area contributed by atoms with Crippen LogP contribution in [0.3, 0.4) is 0 Å². The van der Waals surface area contributed by atoms with Crippen molar-refractivity contribution in [2.45, 2.75) is 20.3 Å². The van der Waals surface area contributed by atoms with Gasteiger partial charge < -0.3 is 0 Å². The molecule has 0 N–H and O–H groups in total. The Morgan fingerprint density at radius 2 is 2.24 bits per heavy atom. The van der Waals surface area contributed by atoms with Crippen LogP contribution in [-0.4, -0.2) is 0 Å². The van der Waals surface area contributed by atoms with Crippen molar-refractivity contribution < 1.29 is 0 Å². The highest BCUT2D eigenvalue weighted by Gasteiger charge is 2.16. The van der Waals surface area contributed by atoms with Crippen LogP contribution in [-0.2, 0) is 6.42 Å². The first-order valence-electron chi connectivity index (χ1n) is 6.06. The number of hydrogen-bond acceptors (Lipinski definition) is 1. The van der Waals surface area contributed by atoms with E-state index in [-0.39, 0.29) is 0 Å². The van der Waals surface area contributed by atoms with Crippen molar-refractivity contribution in [1.82, 2.24) is 0 Å². The molecule has 1 atom stereocenters. The van der Waals surface area contributed by atoms with Crippen LogP contribution in [0.5, 0.6) is 0 Å². The predicted molar refractivity (Wildman–Crippen MR) is 78.6 cm³/mol. The van der Waals surface area contributed by atoms with Gasteiger partial charge in [-0.15, -0.1) is 11.3 Å². The largest absolute Gasteiger partial charge is 0.135 e. The zero-order valence-electron chi connectivity index (χ0n) is 10.3. The first kappa shape index (κ1) is 10.8. The Labute approximate surface area is 106 Å². The highest BCUT2D eigenvalue weighted by atomic mass is 32.1. The summed E-state index contributed by atoms with van der Waals surface area (Å²) in [6, 6.07) is 4.51. The van der Waals surface area contributed by atoms with E-state index in [2.05, 4.69) is 44.7 Å². The lowest BCUT2D eigenvalue weighted by atomic mass is 9.89. The van der Waals surface area contributed by atoms with Crippen molar-refractivity contribution in [1.29, 1.82) is 0 Å². The zero-order chi connectivity index (χ0) is 12.0. The van der Waals surface area contributed by atoms with Crippen LogP contribution in [0.15, 0.2) is 24.8 Å². The van der Waals surface area contributed by atoms with Crippen LogP contribution in [0.4, 0.5) is 0 Å². The molecule has 0 aliphatic heterocycles. The summed E-state index contributed by atoms with van der Waals surface area (Å²) in [6.45, 7) is 8.39. The average molecular weight is 240 g/mol. The molecule has 1 heterocycles. The summed E-state index contributed by atoms with van der Waals surface area (Å²) in [5, 5.41) is 1.41. The molecule has 0 saturated heterocycles. The van der Waals surface area contributed by atoms with Crippen molar-refractivity contribution in [2.24, 2.45) is 5.92 Å². The Bertz CT molecular complexity index is 629. The summed E-state index contributed by atoms with van der Waals surface area (Å²) in [5.41, 5.74) is 4.30. The van der Waals surface area contributed by atoms with Gasteiger partial charge >= 0.3 is 0 Å². The minimum absolute atomic E-state index is 0.655. The molecule has 1 aromatic carbocycles. The normalized spacial score (nSPS) is 18.4. The smallest absolute Gasteiger partial charge is 0.0390 e. The fourth-order valence-corrected chi connectivity index (χ4v) is 3.82. The second kappa shape index (κ2) is 3.85. The Balaban J connectivity index is 2.35. The van der Waals surface area contributed by atoms with Gasteiger partial charge in [0.05, 0.1) is 0 Å². The van der Waals surface area contributed by atoms with E-state index in [1.54, 1.807) is 0 Å². The molecule has 1 aliphatic rings. The van der Waals surface area contributed by atoms with Crippen molar-refractivity contribution in [2.75, 3.05) is 0 Å². The topological polar surface area (TPSA) is 0 Å². The lowest BCUT2D eigenvalue weighted by molar-refractivity contribution is 0.722. The molecule has 0 radical (unpaired) electrons. The van der Waals surface area contributed by atoms with Crippen molar-refractivity contribution in [3.63, 3.8) is 0 Å². The molecule has 2 aromatic rings. The number of hydrogen-bond donors (Lipinski definition) is 0. The second-order valence-electron chi connectivity index (χ2n) is 4.85. The lowest BCUT2D eigenvalue weighted by Crippen LogP contribution is -2.02. The molecule has 3 rings (SSSR count). The first-order valence-corrected chi connectivity index (χ1v) is 6.88. The van der Waals surface area contributed by atoms with Crippen LogP contribution in [0.1, 0.15) is 28.5 Å². The molecule has 1 unspecified atom stereocenters. The molecule has 0 amide bonds. The molecule has 0 spiro atoms. The molecule has 0 saturated carbocycles. The van der Waals surface area contributed by atoms with Crippen LogP contribution in [0.2, 0.25) is 0 Å². The maximum Gasteiger partial charge on any atom is 0.0390 e. The number of benzene rings is 1. The van der Waals surface area contributed by atoms with Gasteiger partial charge in [0.1, 0.15) is 0 Å². The molecule has 1 heteroatoms. The van der Waals surface area contributed by atoms with Gasteiger partial charge in [-0.3, -0.25) is 0 Å². The quantitative estimate of drug-likeness (QED) is 0.653. The molecular formula is C16H16S. The Hall–Kier alpha value is -1.34. The van der Waals surface area contributed by atoms with Crippen LogP contribution in [0, 0.1) is 12.8 Å². The fourth-order valence-electron chi connectivity index (χ4n) is 2.59. The maximum absolute atomic E-state index is 3.91. The highest BCUT2D eigenvalue weighted by molar-refractivity contribution is 7.20. The van der Waals surface area contributed by atoms with E-state index in [1.165, 1.54) is 38.1 Å². The van der Waals surface area contributed by atoms with Gasteiger partial charge in [-0.2, -0.15) is 0 Å². The third-order valence-electron chi connectivity index (χ3n) is 3.60. The van der Waals surface area contributed by atoms with E-state index in [4.69, 9.17) is 0 Å². The van der Waals surface area contributed by atoms with Crippen molar-refractivity contribution in [3.8, 4) is 0 Å². The Morgan fingerprint density at radius 3 is 3.00 bits per heavy atom. The third-order valence-corrected chi connectivity index (χ3v) is 4.96. The van der Waals surface area contributed by atoms with Gasteiger partial charge in [0.2, 0.25) is 0 Å². The highest BCUT2D eigenvalue weighted by Crippen LogP contribution is 2.38. The van der Waals surface area contributed by atoms with E-state index in [1.807, 2.05) is 17.4 Å². The summed E-state index contributed by atoms with van der Waals surface area (Å²) >= 11 is 1.89. The standard InChI is InChI=1S/C16H16S/c1-4-15-11(3)13-8-7-12-6-5-10(2)9-14(12)16(13)17-15/h4-8,10H,1,9H2,2-3H3. The Kier molecular flexibility index (Phi) is 2.44. The van der Waals surface area contributed by atoms with E-state index in [0.29, 0.717) is 5.92 Å². The molecule has 86 valence electrons. The average Bonchev–Trinajstić information content (AvgIpc) is 2.66. The van der Waals surface area contributed by atoms with Gasteiger partial charge in [-0.25, -0.2) is 0 Å². The SMILES string of the molecule is C=Cc1sc2c3c(ccc2c1C)C=CC(C)C3. The molecule has 1 aromatic heterocycles. The predicted octanol–water partition coefficient (Wildman–Crippen LogP) is 5.06. The van der Waals surface area contributed by atoms with Crippen molar-refractivity contribution >= 4 is 33.6 Å². The van der Waals surface area contributed by atoms with E-state index in [0.717, 1.165) is 0 Å². The van der Waals surface area contributed by atoms with Gasteiger partial charge in [0, 0.05) is 9.58 Å². The zero-order valence-corrected chi connectivity index (χ0v) is 11.1. The fraction of sp³-hybridized carbons (Fsp3) is 0.250. The summed E-state index contributed by atoms with van der Waals surface area (Å²) in [6.07, 6.45) is 7.73. The third kappa shape index (κ3) is 1.57. The molecule has 0 nitrogen and oxygen atoms in total. The summed E-state index contributed by atoms with van der Waals surface area (Å²) in [4.78, 5) is 1.32. The molecular weight excluding hydrogens is 224 g/mol. The number of aryl methyl sites for hydroxylation is 1. The van der Waals surface area contributed by atoms with E-state index >= 15 is 0 Å². The number of rotatable bonds is 1. The minimum atomic E-state index is 0.655. The van der Waals surface area contributed by atoms with E-state index in [9.17, 15) is 0 Å².